The minimum absolute atomic E-state index is 0.677. The van der Waals surface area contributed by atoms with Crippen LogP contribution in [0, 0.1) is 12.8 Å². The van der Waals surface area contributed by atoms with Crippen LogP contribution in [0.4, 0.5) is 0 Å². The second-order valence-electron chi connectivity index (χ2n) is 3.94. The van der Waals surface area contributed by atoms with Crippen molar-refractivity contribution >= 4 is 0 Å². The summed E-state index contributed by atoms with van der Waals surface area (Å²) in [4.78, 5) is 8.57. The molecule has 2 unspecified atom stereocenters. The van der Waals surface area contributed by atoms with Gasteiger partial charge < -0.3 is 5.32 Å². The molecule has 1 aliphatic rings. The van der Waals surface area contributed by atoms with E-state index in [1.807, 2.05) is 19.2 Å². The minimum atomic E-state index is 0.677. The van der Waals surface area contributed by atoms with Gasteiger partial charge in [-0.1, -0.05) is 6.92 Å². The molecular weight excluding hydrogens is 174 g/mol. The molecule has 0 aromatic carbocycles. The van der Waals surface area contributed by atoms with Gasteiger partial charge in [0.05, 0.1) is 0 Å². The smallest absolute Gasteiger partial charge is 0.125 e. The van der Waals surface area contributed by atoms with Gasteiger partial charge in [-0.05, 0) is 38.4 Å². The molecule has 1 fully saturated rings. The standard InChI is InChI=1S/C11H17N3/c1-3-12-7-9-6-10(9)11-4-5-13-8(2)14-11/h4-5,9-10,12H,3,6-7H2,1-2H3. The summed E-state index contributed by atoms with van der Waals surface area (Å²) < 4.78 is 0. The fourth-order valence-corrected chi connectivity index (χ4v) is 1.85. The molecule has 0 bridgehead atoms. The largest absolute Gasteiger partial charge is 0.317 e. The van der Waals surface area contributed by atoms with Gasteiger partial charge in [-0.15, -0.1) is 0 Å². The zero-order valence-electron chi connectivity index (χ0n) is 8.83. The monoisotopic (exact) mass is 191 g/mol. The van der Waals surface area contributed by atoms with Crippen LogP contribution in [0.1, 0.15) is 30.8 Å². The van der Waals surface area contributed by atoms with Crippen LogP contribution in [0.5, 0.6) is 0 Å². The van der Waals surface area contributed by atoms with Crippen LogP contribution in [-0.4, -0.2) is 23.1 Å². The lowest BCUT2D eigenvalue weighted by atomic mass is 10.2. The first kappa shape index (κ1) is 9.59. The van der Waals surface area contributed by atoms with Crippen LogP contribution >= 0.6 is 0 Å². The van der Waals surface area contributed by atoms with Crippen molar-refractivity contribution in [2.75, 3.05) is 13.1 Å². The van der Waals surface area contributed by atoms with Crippen molar-refractivity contribution < 1.29 is 0 Å². The first-order chi connectivity index (χ1) is 6.81. The lowest BCUT2D eigenvalue weighted by Gasteiger charge is -2.01. The van der Waals surface area contributed by atoms with Crippen molar-refractivity contribution in [2.24, 2.45) is 5.92 Å². The molecule has 1 heterocycles. The molecule has 1 aromatic heterocycles. The van der Waals surface area contributed by atoms with Gasteiger partial charge in [-0.3, -0.25) is 0 Å². The van der Waals surface area contributed by atoms with E-state index >= 15 is 0 Å². The second-order valence-corrected chi connectivity index (χ2v) is 3.94. The van der Waals surface area contributed by atoms with Crippen LogP contribution < -0.4 is 5.32 Å². The predicted molar refractivity (Wildman–Crippen MR) is 56.2 cm³/mol. The number of rotatable bonds is 4. The summed E-state index contributed by atoms with van der Waals surface area (Å²) in [6, 6.07) is 2.05. The Labute approximate surface area is 85.0 Å². The van der Waals surface area contributed by atoms with E-state index in [9.17, 15) is 0 Å². The molecule has 0 spiro atoms. The molecule has 3 heteroatoms. The normalized spacial score (nSPS) is 25.0. The summed E-state index contributed by atoms with van der Waals surface area (Å²) in [6.07, 6.45) is 3.14. The van der Waals surface area contributed by atoms with Gasteiger partial charge in [-0.2, -0.15) is 0 Å². The van der Waals surface area contributed by atoms with E-state index in [1.165, 1.54) is 12.1 Å². The summed E-state index contributed by atoms with van der Waals surface area (Å²) in [6.45, 7) is 6.29. The molecule has 2 atom stereocenters. The maximum atomic E-state index is 4.45. The predicted octanol–water partition coefficient (Wildman–Crippen LogP) is 1.50. The topological polar surface area (TPSA) is 37.8 Å². The van der Waals surface area contributed by atoms with E-state index < -0.39 is 0 Å². The maximum Gasteiger partial charge on any atom is 0.125 e. The highest BCUT2D eigenvalue weighted by atomic mass is 14.9. The van der Waals surface area contributed by atoms with E-state index in [0.717, 1.165) is 24.8 Å². The van der Waals surface area contributed by atoms with E-state index in [0.29, 0.717) is 5.92 Å². The highest BCUT2D eigenvalue weighted by molar-refractivity contribution is 5.17. The number of aryl methyl sites for hydroxylation is 1. The summed E-state index contributed by atoms with van der Waals surface area (Å²) in [7, 11) is 0. The molecule has 0 aliphatic heterocycles. The molecule has 1 saturated carbocycles. The van der Waals surface area contributed by atoms with Crippen molar-refractivity contribution in [3.05, 3.63) is 23.8 Å². The fourth-order valence-electron chi connectivity index (χ4n) is 1.85. The van der Waals surface area contributed by atoms with Crippen molar-refractivity contribution in [3.63, 3.8) is 0 Å². The van der Waals surface area contributed by atoms with Gasteiger partial charge >= 0.3 is 0 Å². The van der Waals surface area contributed by atoms with Crippen LogP contribution in [0.3, 0.4) is 0 Å². The number of nitrogens with zero attached hydrogens (tertiary/aromatic N) is 2. The van der Waals surface area contributed by atoms with Gasteiger partial charge in [0.2, 0.25) is 0 Å². The molecule has 0 saturated heterocycles. The Kier molecular flexibility index (Phi) is 2.77. The maximum absolute atomic E-state index is 4.45. The third-order valence-electron chi connectivity index (χ3n) is 2.76. The highest BCUT2D eigenvalue weighted by Crippen LogP contribution is 2.45. The first-order valence-electron chi connectivity index (χ1n) is 5.31. The third-order valence-corrected chi connectivity index (χ3v) is 2.76. The minimum Gasteiger partial charge on any atom is -0.317 e. The Hall–Kier alpha value is -0.960. The number of nitrogens with one attached hydrogen (secondary N) is 1. The molecule has 2 rings (SSSR count). The van der Waals surface area contributed by atoms with Crippen LogP contribution in [0.15, 0.2) is 12.3 Å². The van der Waals surface area contributed by atoms with Gasteiger partial charge in [0.1, 0.15) is 5.82 Å². The lowest BCUT2D eigenvalue weighted by Crippen LogP contribution is -2.16. The SMILES string of the molecule is CCNCC1CC1c1ccnc(C)n1. The quantitative estimate of drug-likeness (QED) is 0.783. The van der Waals surface area contributed by atoms with Gasteiger partial charge in [-0.25, -0.2) is 9.97 Å². The van der Waals surface area contributed by atoms with Gasteiger partial charge in [0.25, 0.3) is 0 Å². The fraction of sp³-hybridized carbons (Fsp3) is 0.636. The Morgan fingerprint density at radius 2 is 2.43 bits per heavy atom. The molecule has 0 amide bonds. The van der Waals surface area contributed by atoms with Crippen molar-refractivity contribution in [1.82, 2.24) is 15.3 Å². The van der Waals surface area contributed by atoms with Crippen LogP contribution in [-0.2, 0) is 0 Å². The van der Waals surface area contributed by atoms with E-state index in [2.05, 4.69) is 22.2 Å². The summed E-state index contributed by atoms with van der Waals surface area (Å²) in [5.74, 6) is 2.36. The molecule has 76 valence electrons. The van der Waals surface area contributed by atoms with Gasteiger partial charge in [0, 0.05) is 17.8 Å². The number of hydrogen-bond acceptors (Lipinski definition) is 3. The Morgan fingerprint density at radius 3 is 3.14 bits per heavy atom. The molecule has 1 aromatic rings. The number of hydrogen-bond donors (Lipinski definition) is 1. The number of aromatic nitrogens is 2. The molecule has 1 aliphatic carbocycles. The average molecular weight is 191 g/mol. The third kappa shape index (κ3) is 2.10. The van der Waals surface area contributed by atoms with E-state index in [1.54, 1.807) is 0 Å². The second kappa shape index (κ2) is 4.05. The zero-order valence-corrected chi connectivity index (χ0v) is 8.83. The molecular formula is C11H17N3. The highest BCUT2D eigenvalue weighted by Gasteiger charge is 2.38. The van der Waals surface area contributed by atoms with Crippen LogP contribution in [0.2, 0.25) is 0 Å². The zero-order chi connectivity index (χ0) is 9.97. The van der Waals surface area contributed by atoms with Crippen molar-refractivity contribution in [3.8, 4) is 0 Å². The van der Waals surface area contributed by atoms with E-state index in [4.69, 9.17) is 0 Å². The summed E-state index contributed by atoms with van der Waals surface area (Å²) in [5.41, 5.74) is 1.22. The summed E-state index contributed by atoms with van der Waals surface area (Å²) in [5, 5.41) is 3.38. The van der Waals surface area contributed by atoms with Crippen molar-refractivity contribution in [1.29, 1.82) is 0 Å². The van der Waals surface area contributed by atoms with E-state index in [-0.39, 0.29) is 0 Å². The van der Waals surface area contributed by atoms with Gasteiger partial charge in [0.15, 0.2) is 0 Å². The lowest BCUT2D eigenvalue weighted by molar-refractivity contribution is 0.645. The molecule has 14 heavy (non-hydrogen) atoms. The Balaban J connectivity index is 1.92. The van der Waals surface area contributed by atoms with Crippen LogP contribution in [0.25, 0.3) is 0 Å². The Bertz CT molecular complexity index is 311. The summed E-state index contributed by atoms with van der Waals surface area (Å²) >= 11 is 0. The molecule has 3 nitrogen and oxygen atoms in total. The first-order valence-corrected chi connectivity index (χ1v) is 5.31. The molecule has 1 N–H and O–H groups in total. The molecule has 0 radical (unpaired) electrons. The Morgan fingerprint density at radius 1 is 1.57 bits per heavy atom. The average Bonchev–Trinajstić information content (AvgIpc) is 2.94. The van der Waals surface area contributed by atoms with Crippen molar-refractivity contribution in [2.45, 2.75) is 26.2 Å².